The summed E-state index contributed by atoms with van der Waals surface area (Å²) in [6, 6.07) is 5.70. The number of nitrogens with one attached hydrogen (secondary N) is 1. The van der Waals surface area contributed by atoms with E-state index < -0.39 is 0 Å². The number of carbonyl (C=O) groups excluding carboxylic acids is 1. The van der Waals surface area contributed by atoms with Crippen LogP contribution in [0.2, 0.25) is 0 Å². The first-order valence-electron chi connectivity index (χ1n) is 5.90. The van der Waals surface area contributed by atoms with E-state index in [1.807, 2.05) is 18.3 Å². The third-order valence-electron chi connectivity index (χ3n) is 2.85. The number of para-hydroxylation sites is 1. The normalized spacial score (nSPS) is 11.2. The number of aromatic amines is 1. The number of halogens is 1. The first-order valence-corrected chi connectivity index (χ1v) is 5.90. The zero-order valence-electron chi connectivity index (χ0n) is 11.7. The Morgan fingerprint density at radius 2 is 2.00 bits per heavy atom. The highest BCUT2D eigenvalue weighted by Crippen LogP contribution is 2.24. The van der Waals surface area contributed by atoms with E-state index >= 15 is 0 Å². The zero-order chi connectivity index (χ0) is 13.3. The van der Waals surface area contributed by atoms with E-state index in [0.29, 0.717) is 5.56 Å². The van der Waals surface area contributed by atoms with Crippen molar-refractivity contribution in [1.29, 1.82) is 0 Å². The summed E-state index contributed by atoms with van der Waals surface area (Å²) in [7, 11) is 7.83. The van der Waals surface area contributed by atoms with Crippen molar-refractivity contribution >= 4 is 16.9 Å². The first-order chi connectivity index (χ1) is 8.42. The second-order valence-corrected chi connectivity index (χ2v) is 5.48. The van der Waals surface area contributed by atoms with Gasteiger partial charge in [-0.2, -0.15) is 0 Å². The highest BCUT2D eigenvalue weighted by atomic mass is 127. The molecule has 104 valence electrons. The van der Waals surface area contributed by atoms with Gasteiger partial charge in [-0.25, -0.2) is 4.79 Å². The van der Waals surface area contributed by atoms with Crippen LogP contribution < -0.4 is 24.0 Å². The molecule has 0 fully saturated rings. The van der Waals surface area contributed by atoms with Gasteiger partial charge in [0.15, 0.2) is 0 Å². The average molecular weight is 374 g/mol. The first kappa shape index (κ1) is 16.0. The molecule has 5 heteroatoms. The molecule has 0 radical (unpaired) electrons. The molecular formula is C14H19IN2O2. The lowest BCUT2D eigenvalue weighted by atomic mass is 10.1. The smallest absolute Gasteiger partial charge is 0.339 e. The van der Waals surface area contributed by atoms with Crippen LogP contribution in [0.4, 0.5) is 0 Å². The Bertz CT molecular complexity index is 585. The molecule has 0 saturated heterocycles. The second kappa shape index (κ2) is 5.92. The van der Waals surface area contributed by atoms with Gasteiger partial charge in [0, 0.05) is 17.1 Å². The summed E-state index contributed by atoms with van der Waals surface area (Å²) in [6.07, 6.45) is 1.97. The quantitative estimate of drug-likeness (QED) is 0.433. The molecule has 2 aromatic rings. The number of quaternary nitrogens is 1. The van der Waals surface area contributed by atoms with E-state index in [2.05, 4.69) is 26.1 Å². The topological polar surface area (TPSA) is 42.1 Å². The second-order valence-electron chi connectivity index (χ2n) is 5.48. The van der Waals surface area contributed by atoms with Gasteiger partial charge in [-0.1, -0.05) is 12.1 Å². The molecule has 1 heterocycles. The van der Waals surface area contributed by atoms with Crippen LogP contribution >= 0.6 is 0 Å². The van der Waals surface area contributed by atoms with Crippen molar-refractivity contribution in [2.24, 2.45) is 0 Å². The Kier molecular flexibility index (Phi) is 4.98. The molecule has 0 aliphatic rings. The number of esters is 1. The molecule has 0 spiro atoms. The Hall–Kier alpha value is -1.08. The predicted octanol–water partition coefficient (Wildman–Crippen LogP) is -0.835. The van der Waals surface area contributed by atoms with Gasteiger partial charge in [-0.3, -0.25) is 0 Å². The van der Waals surface area contributed by atoms with E-state index in [0.717, 1.165) is 21.9 Å². The number of H-pyrrole nitrogens is 1. The van der Waals surface area contributed by atoms with Crippen molar-refractivity contribution in [3.05, 3.63) is 35.5 Å². The summed E-state index contributed by atoms with van der Waals surface area (Å²) in [5.74, 6) is -0.306. The summed E-state index contributed by atoms with van der Waals surface area (Å²) in [6.45, 7) is 0.907. The molecule has 1 N–H and O–H groups in total. The monoisotopic (exact) mass is 374 g/mol. The molecule has 2 rings (SSSR count). The van der Waals surface area contributed by atoms with E-state index in [1.54, 1.807) is 6.07 Å². The number of aromatic nitrogens is 1. The van der Waals surface area contributed by atoms with Gasteiger partial charge in [0.25, 0.3) is 0 Å². The lowest BCUT2D eigenvalue weighted by Crippen LogP contribution is -3.00. The SMILES string of the molecule is COC(=O)c1cccc2c(C[N+](C)(C)C)c[nH]c12.[I-]. The van der Waals surface area contributed by atoms with Crippen molar-refractivity contribution in [3.63, 3.8) is 0 Å². The van der Waals surface area contributed by atoms with Crippen LogP contribution in [-0.4, -0.2) is 43.7 Å². The Balaban J connectivity index is 0.00000180. The standard InChI is InChI=1S/C14H18N2O2.HI/c1-16(2,3)9-10-8-15-13-11(10)6-5-7-12(13)14(17)18-4;/h5-8H,9H2,1-4H3;1H. The van der Waals surface area contributed by atoms with Crippen LogP contribution in [0.3, 0.4) is 0 Å². The van der Waals surface area contributed by atoms with Crippen molar-refractivity contribution in [3.8, 4) is 0 Å². The number of methoxy groups -OCH3 is 1. The maximum atomic E-state index is 11.7. The van der Waals surface area contributed by atoms with Crippen molar-refractivity contribution < 1.29 is 38.0 Å². The molecule has 0 unspecified atom stereocenters. The molecule has 0 amide bonds. The Labute approximate surface area is 130 Å². The maximum Gasteiger partial charge on any atom is 0.339 e. The van der Waals surface area contributed by atoms with Crippen LogP contribution in [0.5, 0.6) is 0 Å². The Morgan fingerprint density at radius 3 is 2.58 bits per heavy atom. The molecule has 0 saturated carbocycles. The van der Waals surface area contributed by atoms with Gasteiger partial charge in [0.2, 0.25) is 0 Å². The van der Waals surface area contributed by atoms with E-state index in [4.69, 9.17) is 4.74 Å². The number of rotatable bonds is 3. The van der Waals surface area contributed by atoms with Crippen molar-refractivity contribution in [2.75, 3.05) is 28.3 Å². The lowest BCUT2D eigenvalue weighted by Gasteiger charge is -2.23. The van der Waals surface area contributed by atoms with E-state index in [-0.39, 0.29) is 29.9 Å². The van der Waals surface area contributed by atoms with Gasteiger partial charge < -0.3 is 38.2 Å². The van der Waals surface area contributed by atoms with Gasteiger partial charge in [-0.15, -0.1) is 0 Å². The van der Waals surface area contributed by atoms with Crippen LogP contribution in [0.1, 0.15) is 15.9 Å². The Morgan fingerprint density at radius 1 is 1.32 bits per heavy atom. The van der Waals surface area contributed by atoms with Crippen LogP contribution in [-0.2, 0) is 11.3 Å². The number of hydrogen-bond donors (Lipinski definition) is 1. The average Bonchev–Trinajstić information content (AvgIpc) is 2.69. The van der Waals surface area contributed by atoms with Crippen molar-refractivity contribution in [1.82, 2.24) is 4.98 Å². The van der Waals surface area contributed by atoms with Gasteiger partial charge in [-0.05, 0) is 6.07 Å². The summed E-state index contributed by atoms with van der Waals surface area (Å²) in [4.78, 5) is 14.9. The van der Waals surface area contributed by atoms with Crippen LogP contribution in [0, 0.1) is 0 Å². The summed E-state index contributed by atoms with van der Waals surface area (Å²) >= 11 is 0. The zero-order valence-corrected chi connectivity index (χ0v) is 13.8. The fourth-order valence-corrected chi connectivity index (χ4v) is 2.13. The number of carbonyl (C=O) groups is 1. The fraction of sp³-hybridized carbons (Fsp3) is 0.357. The highest BCUT2D eigenvalue weighted by molar-refractivity contribution is 6.03. The van der Waals surface area contributed by atoms with Crippen LogP contribution in [0.25, 0.3) is 10.9 Å². The molecule has 0 aliphatic heterocycles. The molecule has 0 aliphatic carbocycles. The number of nitrogens with zero attached hydrogens (tertiary/aromatic N) is 1. The molecule has 1 aromatic heterocycles. The van der Waals surface area contributed by atoms with Gasteiger partial charge >= 0.3 is 5.97 Å². The minimum absolute atomic E-state index is 0. The van der Waals surface area contributed by atoms with Crippen LogP contribution in [0.15, 0.2) is 24.4 Å². The predicted molar refractivity (Wildman–Crippen MR) is 71.4 cm³/mol. The third kappa shape index (κ3) is 3.48. The molecule has 0 bridgehead atoms. The molecule has 0 atom stereocenters. The summed E-state index contributed by atoms with van der Waals surface area (Å²) in [5, 5.41) is 1.09. The minimum Gasteiger partial charge on any atom is -1.00 e. The molecule has 19 heavy (non-hydrogen) atoms. The van der Waals surface area contributed by atoms with E-state index in [1.165, 1.54) is 12.7 Å². The number of benzene rings is 1. The number of hydrogen-bond acceptors (Lipinski definition) is 2. The summed E-state index contributed by atoms with van der Waals surface area (Å²) in [5.41, 5.74) is 2.65. The van der Waals surface area contributed by atoms with Crippen molar-refractivity contribution in [2.45, 2.75) is 6.54 Å². The third-order valence-corrected chi connectivity index (χ3v) is 2.85. The fourth-order valence-electron chi connectivity index (χ4n) is 2.13. The van der Waals surface area contributed by atoms with Gasteiger partial charge in [0.1, 0.15) is 6.54 Å². The lowest BCUT2D eigenvalue weighted by molar-refractivity contribution is -0.883. The minimum atomic E-state index is -0.306. The summed E-state index contributed by atoms with van der Waals surface area (Å²) < 4.78 is 5.63. The molecule has 1 aromatic carbocycles. The number of ether oxygens (including phenoxy) is 1. The van der Waals surface area contributed by atoms with E-state index in [9.17, 15) is 4.79 Å². The highest BCUT2D eigenvalue weighted by Gasteiger charge is 2.17. The molecular weight excluding hydrogens is 355 g/mol. The largest absolute Gasteiger partial charge is 1.00 e. The maximum absolute atomic E-state index is 11.7. The number of fused-ring (bicyclic) bond motifs is 1. The van der Waals surface area contributed by atoms with Gasteiger partial charge in [0.05, 0.1) is 39.3 Å². The molecule has 4 nitrogen and oxygen atoms in total.